The second kappa shape index (κ2) is 8.82. The van der Waals surface area contributed by atoms with Crippen molar-refractivity contribution < 1.29 is 14.3 Å². The Morgan fingerprint density at radius 1 is 1.24 bits per heavy atom. The number of halogens is 1. The van der Waals surface area contributed by atoms with Gasteiger partial charge >= 0.3 is 0 Å². The zero-order valence-electron chi connectivity index (χ0n) is 19.2. The molecule has 5 rings (SSSR count). The third-order valence-corrected chi connectivity index (χ3v) is 7.79. The number of benzene rings is 2. The first-order valence-corrected chi connectivity index (χ1v) is 12.0. The molecule has 6 heteroatoms. The Kier molecular flexibility index (Phi) is 5.87. The predicted octanol–water partition coefficient (Wildman–Crippen LogP) is 4.93. The Morgan fingerprint density at radius 2 is 2.06 bits per heavy atom. The molecule has 3 aromatic rings. The van der Waals surface area contributed by atoms with Crippen LogP contribution in [0.1, 0.15) is 53.6 Å². The number of aromatic nitrogens is 1. The molecule has 2 fully saturated rings. The van der Waals surface area contributed by atoms with Crippen molar-refractivity contribution >= 4 is 16.8 Å². The smallest absolute Gasteiger partial charge is 0.254 e. The van der Waals surface area contributed by atoms with Gasteiger partial charge < -0.3 is 20.3 Å². The topological polar surface area (TPSA) is 68.4 Å². The maximum absolute atomic E-state index is 14.2. The molecular weight excluding hydrogens is 417 g/mol. The van der Waals surface area contributed by atoms with Gasteiger partial charge in [0.2, 0.25) is 0 Å². The zero-order chi connectivity index (χ0) is 23.0. The minimum atomic E-state index is -0.162. The van der Waals surface area contributed by atoms with Gasteiger partial charge in [0.15, 0.2) is 0 Å². The van der Waals surface area contributed by atoms with E-state index in [1.54, 1.807) is 18.2 Å². The number of carbonyl (C=O) groups is 1. The fraction of sp³-hybridized carbons (Fsp3) is 0.444. The molecule has 0 atom stereocenters. The molecular formula is C27H32FN3O2. The lowest BCUT2D eigenvalue weighted by Crippen LogP contribution is -2.40. The van der Waals surface area contributed by atoms with E-state index in [1.165, 1.54) is 6.07 Å². The molecule has 0 bridgehead atoms. The van der Waals surface area contributed by atoms with Gasteiger partial charge in [-0.2, -0.15) is 0 Å². The number of nitrogens with zero attached hydrogens (tertiary/aromatic N) is 1. The van der Waals surface area contributed by atoms with Gasteiger partial charge in [0, 0.05) is 41.8 Å². The van der Waals surface area contributed by atoms with E-state index in [1.807, 2.05) is 30.2 Å². The lowest BCUT2D eigenvalue weighted by molar-refractivity contribution is 0.0753. The van der Waals surface area contributed by atoms with E-state index in [-0.39, 0.29) is 22.9 Å². The van der Waals surface area contributed by atoms with Crippen molar-refractivity contribution in [3.8, 4) is 5.75 Å². The van der Waals surface area contributed by atoms with Gasteiger partial charge in [-0.1, -0.05) is 12.1 Å². The third-order valence-electron chi connectivity index (χ3n) is 7.79. The first kappa shape index (κ1) is 22.0. The number of likely N-dealkylation sites (tertiary alicyclic amines) is 1. The quantitative estimate of drug-likeness (QED) is 0.517. The molecule has 33 heavy (non-hydrogen) atoms. The minimum absolute atomic E-state index is 0.0217. The molecule has 3 N–H and O–H groups in total. The summed E-state index contributed by atoms with van der Waals surface area (Å²) in [6.07, 6.45) is 8.23. The summed E-state index contributed by atoms with van der Waals surface area (Å²) >= 11 is 0. The molecule has 1 aliphatic heterocycles. The van der Waals surface area contributed by atoms with Crippen LogP contribution in [0.5, 0.6) is 5.75 Å². The Morgan fingerprint density at radius 3 is 2.85 bits per heavy atom. The standard InChI is InChI=1S/C27H32FN3O2/c1-18-5-6-19(15-24(18)32)26(33)31-14-12-27(17-31)10-7-21(8-11-27)29-13-9-20-16-30-23-4-2-3-22(28)25(20)23/h2-6,15-16,21,29-30,32H,7-14,17H2,1H3/t21-,27-. The van der Waals surface area contributed by atoms with Gasteiger partial charge in [-0.05, 0) is 92.8 Å². The van der Waals surface area contributed by atoms with Gasteiger partial charge in [0.05, 0.1) is 0 Å². The van der Waals surface area contributed by atoms with Crippen molar-refractivity contribution in [1.29, 1.82) is 0 Å². The van der Waals surface area contributed by atoms with Crippen LogP contribution in [0.3, 0.4) is 0 Å². The van der Waals surface area contributed by atoms with Crippen molar-refractivity contribution in [2.45, 2.75) is 51.5 Å². The largest absolute Gasteiger partial charge is 0.508 e. The fourth-order valence-electron chi connectivity index (χ4n) is 5.69. The second-order valence-corrected chi connectivity index (χ2v) is 9.93. The lowest BCUT2D eigenvalue weighted by atomic mass is 9.72. The van der Waals surface area contributed by atoms with E-state index in [2.05, 4.69) is 10.3 Å². The number of amides is 1. The first-order chi connectivity index (χ1) is 15.9. The average molecular weight is 450 g/mol. The maximum Gasteiger partial charge on any atom is 0.254 e. The molecule has 1 saturated heterocycles. The van der Waals surface area contributed by atoms with E-state index in [0.717, 1.165) is 74.8 Å². The molecule has 0 unspecified atom stereocenters. The van der Waals surface area contributed by atoms with E-state index >= 15 is 0 Å². The van der Waals surface area contributed by atoms with Crippen molar-refractivity contribution in [2.75, 3.05) is 19.6 Å². The van der Waals surface area contributed by atoms with E-state index < -0.39 is 0 Å². The highest BCUT2D eigenvalue weighted by Crippen LogP contribution is 2.44. The number of hydrogen-bond donors (Lipinski definition) is 3. The van der Waals surface area contributed by atoms with E-state index in [9.17, 15) is 14.3 Å². The Bertz CT molecular complexity index is 1160. The van der Waals surface area contributed by atoms with Gasteiger partial charge in [0.1, 0.15) is 11.6 Å². The minimum Gasteiger partial charge on any atom is -0.508 e. The Hall–Kier alpha value is -2.86. The number of hydrogen-bond acceptors (Lipinski definition) is 3. The number of phenols is 1. The summed E-state index contributed by atoms with van der Waals surface area (Å²) in [6.45, 7) is 4.26. The van der Waals surface area contributed by atoms with Gasteiger partial charge in [-0.3, -0.25) is 4.79 Å². The molecule has 174 valence electrons. The molecule has 2 aromatic carbocycles. The predicted molar refractivity (Wildman–Crippen MR) is 128 cm³/mol. The molecule has 2 aliphatic rings. The van der Waals surface area contributed by atoms with E-state index in [0.29, 0.717) is 17.0 Å². The highest BCUT2D eigenvalue weighted by atomic mass is 19.1. The monoisotopic (exact) mass is 449 g/mol. The van der Waals surface area contributed by atoms with Crippen molar-refractivity contribution in [2.24, 2.45) is 5.41 Å². The summed E-state index contributed by atoms with van der Waals surface area (Å²) in [7, 11) is 0. The number of carbonyl (C=O) groups excluding carboxylic acids is 1. The van der Waals surface area contributed by atoms with Crippen LogP contribution in [0.25, 0.3) is 10.9 Å². The number of H-pyrrole nitrogens is 1. The summed E-state index contributed by atoms with van der Waals surface area (Å²) in [5, 5.41) is 14.3. The SMILES string of the molecule is Cc1ccc(C(=O)N2CC[C@]3(CC[C@@H](NCCc4c[nH]c5cccc(F)c45)CC3)C2)cc1O. The van der Waals surface area contributed by atoms with E-state index in [4.69, 9.17) is 0 Å². The van der Waals surface area contributed by atoms with Crippen LogP contribution >= 0.6 is 0 Å². The van der Waals surface area contributed by atoms with Crippen LogP contribution in [-0.2, 0) is 6.42 Å². The van der Waals surface area contributed by atoms with Crippen LogP contribution in [0, 0.1) is 18.2 Å². The van der Waals surface area contributed by atoms with Gasteiger partial charge in [-0.15, -0.1) is 0 Å². The summed E-state index contributed by atoms with van der Waals surface area (Å²) in [5.74, 6) is 0.0367. The number of fused-ring (bicyclic) bond motifs is 1. The van der Waals surface area contributed by atoms with Crippen LogP contribution in [0.2, 0.25) is 0 Å². The molecule has 1 amide bonds. The lowest BCUT2D eigenvalue weighted by Gasteiger charge is -2.37. The van der Waals surface area contributed by atoms with Crippen LogP contribution in [0.15, 0.2) is 42.6 Å². The molecule has 5 nitrogen and oxygen atoms in total. The second-order valence-electron chi connectivity index (χ2n) is 9.93. The number of aryl methyl sites for hydroxylation is 1. The van der Waals surface area contributed by atoms with Gasteiger partial charge in [0.25, 0.3) is 5.91 Å². The maximum atomic E-state index is 14.2. The van der Waals surface area contributed by atoms with Crippen LogP contribution in [-0.4, -0.2) is 46.6 Å². The highest BCUT2D eigenvalue weighted by molar-refractivity contribution is 5.95. The molecule has 1 spiro atoms. The van der Waals surface area contributed by atoms with Crippen LogP contribution in [0.4, 0.5) is 4.39 Å². The van der Waals surface area contributed by atoms with Crippen molar-refractivity contribution in [3.05, 3.63) is 65.1 Å². The van der Waals surface area contributed by atoms with Gasteiger partial charge in [-0.25, -0.2) is 4.39 Å². The van der Waals surface area contributed by atoms with Crippen molar-refractivity contribution in [1.82, 2.24) is 15.2 Å². The highest BCUT2D eigenvalue weighted by Gasteiger charge is 2.42. The molecule has 1 saturated carbocycles. The summed E-state index contributed by atoms with van der Waals surface area (Å²) in [4.78, 5) is 18.1. The normalized spacial score (nSPS) is 23.0. The molecule has 0 radical (unpaired) electrons. The number of rotatable bonds is 5. The Labute approximate surface area is 194 Å². The average Bonchev–Trinajstić information content (AvgIpc) is 3.42. The number of phenolic OH excluding ortho intramolecular Hbond substituents is 1. The summed E-state index contributed by atoms with van der Waals surface area (Å²) in [5.41, 5.74) is 3.45. The Balaban J connectivity index is 1.12. The third kappa shape index (κ3) is 4.36. The summed E-state index contributed by atoms with van der Waals surface area (Å²) < 4.78 is 14.2. The number of nitrogens with one attached hydrogen (secondary N) is 2. The van der Waals surface area contributed by atoms with Crippen LogP contribution < -0.4 is 5.32 Å². The first-order valence-electron chi connectivity index (χ1n) is 12.0. The number of aromatic amines is 1. The molecule has 1 aliphatic carbocycles. The number of aromatic hydroxyl groups is 1. The summed E-state index contributed by atoms with van der Waals surface area (Å²) in [6, 6.07) is 10.8. The fourth-order valence-corrected chi connectivity index (χ4v) is 5.69. The molecule has 1 aromatic heterocycles. The molecule has 2 heterocycles. The van der Waals surface area contributed by atoms with Crippen molar-refractivity contribution in [3.63, 3.8) is 0 Å². The zero-order valence-corrected chi connectivity index (χ0v) is 19.2.